The van der Waals surface area contributed by atoms with Crippen LogP contribution in [0.4, 0.5) is 10.2 Å². The number of nitrogens with one attached hydrogen (secondary N) is 1. The second kappa shape index (κ2) is 8.13. The molecule has 1 amide bonds. The number of Topliss-reactive ketones (excluding diaryl/α,β-unsaturated/α-hetero) is 1. The lowest BCUT2D eigenvalue weighted by molar-refractivity contribution is -0.129. The van der Waals surface area contributed by atoms with Crippen LogP contribution < -0.4 is 5.32 Å². The Labute approximate surface area is 188 Å². The maximum atomic E-state index is 14.4. The summed E-state index contributed by atoms with van der Waals surface area (Å²) in [6, 6.07) is 7.19. The Hall–Kier alpha value is -2.50. The SMILES string of the molecule is Cc1cc(NC(=O)CCC[C@@H]2CC(=O)[C@@]3(C)CCC4c5cccc(F)c5CCC4C23)no1. The van der Waals surface area contributed by atoms with Crippen molar-refractivity contribution in [1.82, 2.24) is 5.16 Å². The van der Waals surface area contributed by atoms with Crippen molar-refractivity contribution in [3.8, 4) is 0 Å². The number of anilines is 1. The van der Waals surface area contributed by atoms with E-state index in [0.717, 1.165) is 44.1 Å². The minimum Gasteiger partial charge on any atom is -0.360 e. The van der Waals surface area contributed by atoms with Crippen LogP contribution >= 0.6 is 0 Å². The Kier molecular flexibility index (Phi) is 5.42. The van der Waals surface area contributed by atoms with Crippen molar-refractivity contribution in [2.45, 2.75) is 71.1 Å². The van der Waals surface area contributed by atoms with Gasteiger partial charge >= 0.3 is 0 Å². The molecule has 3 aliphatic rings. The van der Waals surface area contributed by atoms with Crippen LogP contribution in [0.25, 0.3) is 0 Å². The molecule has 5 rings (SSSR count). The van der Waals surface area contributed by atoms with Crippen molar-refractivity contribution < 1.29 is 18.5 Å². The summed E-state index contributed by atoms with van der Waals surface area (Å²) in [6.45, 7) is 3.95. The zero-order chi connectivity index (χ0) is 22.5. The number of ketones is 1. The minimum absolute atomic E-state index is 0.0750. The molecule has 0 radical (unpaired) electrons. The highest BCUT2D eigenvalue weighted by molar-refractivity contribution is 5.89. The average Bonchev–Trinajstić information content (AvgIpc) is 3.28. The summed E-state index contributed by atoms with van der Waals surface area (Å²) in [5, 5.41) is 6.58. The first-order valence-corrected chi connectivity index (χ1v) is 11.9. The van der Waals surface area contributed by atoms with E-state index in [9.17, 15) is 14.0 Å². The third-order valence-corrected chi connectivity index (χ3v) is 8.44. The molecular weight excluding hydrogens is 407 g/mol. The molecule has 5 nitrogen and oxygen atoms in total. The van der Waals surface area contributed by atoms with Crippen molar-refractivity contribution in [3.63, 3.8) is 0 Å². The van der Waals surface area contributed by atoms with Gasteiger partial charge in [-0.1, -0.05) is 24.2 Å². The number of hydrogen-bond acceptors (Lipinski definition) is 4. The van der Waals surface area contributed by atoms with Gasteiger partial charge in [-0.05, 0) is 86.3 Å². The number of benzene rings is 1. The maximum Gasteiger partial charge on any atom is 0.225 e. The fourth-order valence-corrected chi connectivity index (χ4v) is 7.05. The van der Waals surface area contributed by atoms with Gasteiger partial charge in [0, 0.05) is 24.3 Å². The summed E-state index contributed by atoms with van der Waals surface area (Å²) >= 11 is 0. The van der Waals surface area contributed by atoms with E-state index in [1.165, 1.54) is 5.56 Å². The molecule has 0 saturated heterocycles. The van der Waals surface area contributed by atoms with E-state index >= 15 is 0 Å². The fourth-order valence-electron chi connectivity index (χ4n) is 7.05. The van der Waals surface area contributed by atoms with Crippen molar-refractivity contribution in [1.29, 1.82) is 0 Å². The molecule has 1 N–H and O–H groups in total. The van der Waals surface area contributed by atoms with Crippen LogP contribution in [-0.2, 0) is 16.0 Å². The van der Waals surface area contributed by atoms with E-state index in [4.69, 9.17) is 4.52 Å². The van der Waals surface area contributed by atoms with E-state index in [2.05, 4.69) is 23.5 Å². The molecule has 3 aliphatic carbocycles. The second-order valence-corrected chi connectivity index (χ2v) is 10.2. The highest BCUT2D eigenvalue weighted by Gasteiger charge is 2.58. The van der Waals surface area contributed by atoms with Gasteiger partial charge in [0.1, 0.15) is 17.4 Å². The number of amides is 1. The van der Waals surface area contributed by atoms with Crippen LogP contribution in [0.2, 0.25) is 0 Å². The highest BCUT2D eigenvalue weighted by atomic mass is 19.1. The highest BCUT2D eigenvalue weighted by Crippen LogP contribution is 2.62. The first-order chi connectivity index (χ1) is 15.4. The predicted molar refractivity (Wildman–Crippen MR) is 119 cm³/mol. The molecule has 2 saturated carbocycles. The lowest BCUT2D eigenvalue weighted by Gasteiger charge is -2.50. The second-order valence-electron chi connectivity index (χ2n) is 10.2. The first-order valence-electron chi connectivity index (χ1n) is 11.9. The van der Waals surface area contributed by atoms with Crippen molar-refractivity contribution in [3.05, 3.63) is 47.0 Å². The van der Waals surface area contributed by atoms with E-state index in [-0.39, 0.29) is 17.1 Å². The molecule has 6 heteroatoms. The summed E-state index contributed by atoms with van der Waals surface area (Å²) in [7, 11) is 0. The number of carbonyl (C=O) groups is 2. The molecule has 170 valence electrons. The van der Waals surface area contributed by atoms with Gasteiger partial charge in [-0.3, -0.25) is 9.59 Å². The quantitative estimate of drug-likeness (QED) is 0.661. The van der Waals surface area contributed by atoms with Crippen LogP contribution in [0.5, 0.6) is 0 Å². The fraction of sp³-hybridized carbons (Fsp3) is 0.577. The topological polar surface area (TPSA) is 72.2 Å². The van der Waals surface area contributed by atoms with E-state index < -0.39 is 0 Å². The Morgan fingerprint density at radius 3 is 2.97 bits per heavy atom. The van der Waals surface area contributed by atoms with Crippen LogP contribution in [0, 0.1) is 35.9 Å². The Balaban J connectivity index is 1.28. The largest absolute Gasteiger partial charge is 0.360 e. The number of carbonyl (C=O) groups excluding carboxylic acids is 2. The number of fused-ring (bicyclic) bond motifs is 5. The average molecular weight is 439 g/mol. The molecule has 0 bridgehead atoms. The van der Waals surface area contributed by atoms with Gasteiger partial charge in [-0.25, -0.2) is 4.39 Å². The molecule has 1 aromatic carbocycles. The predicted octanol–water partition coefficient (Wildman–Crippen LogP) is 5.58. The smallest absolute Gasteiger partial charge is 0.225 e. The number of aryl methyl sites for hydroxylation is 1. The molecule has 1 aromatic heterocycles. The van der Waals surface area contributed by atoms with Crippen LogP contribution in [0.15, 0.2) is 28.8 Å². The van der Waals surface area contributed by atoms with Crippen LogP contribution in [-0.4, -0.2) is 16.8 Å². The number of hydrogen-bond donors (Lipinski definition) is 1. The normalized spacial score (nSPS) is 31.0. The molecule has 2 fully saturated rings. The molecule has 2 aromatic rings. The molecule has 0 aliphatic heterocycles. The number of aromatic nitrogens is 1. The lowest BCUT2D eigenvalue weighted by atomic mass is 9.54. The van der Waals surface area contributed by atoms with Gasteiger partial charge in [0.15, 0.2) is 5.82 Å². The summed E-state index contributed by atoms with van der Waals surface area (Å²) in [6.07, 6.45) is 6.20. The van der Waals surface area contributed by atoms with Crippen molar-refractivity contribution in [2.24, 2.45) is 23.2 Å². The molecule has 5 atom stereocenters. The molecule has 0 spiro atoms. The minimum atomic E-state index is -0.267. The third-order valence-electron chi connectivity index (χ3n) is 8.44. The van der Waals surface area contributed by atoms with Crippen LogP contribution in [0.3, 0.4) is 0 Å². The van der Waals surface area contributed by atoms with Gasteiger partial charge < -0.3 is 9.84 Å². The van der Waals surface area contributed by atoms with E-state index in [1.54, 1.807) is 19.1 Å². The summed E-state index contributed by atoms with van der Waals surface area (Å²) in [5.41, 5.74) is 1.79. The lowest BCUT2D eigenvalue weighted by Crippen LogP contribution is -2.44. The first kappa shape index (κ1) is 21.4. The summed E-state index contributed by atoms with van der Waals surface area (Å²) in [5.74, 6) is 2.73. The molecule has 3 unspecified atom stereocenters. The van der Waals surface area contributed by atoms with Gasteiger partial charge in [-0.15, -0.1) is 0 Å². The summed E-state index contributed by atoms with van der Waals surface area (Å²) < 4.78 is 19.4. The maximum absolute atomic E-state index is 14.4. The van der Waals surface area contributed by atoms with E-state index in [0.29, 0.717) is 53.9 Å². The van der Waals surface area contributed by atoms with Gasteiger partial charge in [-0.2, -0.15) is 0 Å². The van der Waals surface area contributed by atoms with Crippen LogP contribution in [0.1, 0.15) is 74.7 Å². The van der Waals surface area contributed by atoms with Gasteiger partial charge in [0.2, 0.25) is 5.91 Å². The van der Waals surface area contributed by atoms with Crippen molar-refractivity contribution in [2.75, 3.05) is 5.32 Å². The number of halogens is 1. The van der Waals surface area contributed by atoms with Crippen molar-refractivity contribution >= 4 is 17.5 Å². The third kappa shape index (κ3) is 3.57. The molecular formula is C26H31FN2O3. The van der Waals surface area contributed by atoms with Gasteiger partial charge in [0.25, 0.3) is 0 Å². The zero-order valence-electron chi connectivity index (χ0n) is 18.8. The monoisotopic (exact) mass is 438 g/mol. The summed E-state index contributed by atoms with van der Waals surface area (Å²) in [4.78, 5) is 25.4. The van der Waals surface area contributed by atoms with E-state index in [1.807, 2.05) is 6.07 Å². The Morgan fingerprint density at radius 2 is 2.19 bits per heavy atom. The standard InChI is InChI=1S/C26H31FN2O3/c1-15-13-23(29-32-15)28-24(31)8-3-5-16-14-22(30)26(2)12-11-18-17-6-4-7-21(27)19(17)9-10-20(18)25(16)26/h4,6-7,13,16,18,20,25H,3,5,8-12,14H2,1-2H3,(H,28,29,31)/t16-,18?,20?,25?,26-/m1/s1. The molecule has 32 heavy (non-hydrogen) atoms. The zero-order valence-corrected chi connectivity index (χ0v) is 18.8. The number of nitrogens with zero attached hydrogens (tertiary/aromatic N) is 1. The number of rotatable bonds is 5. The Bertz CT molecular complexity index is 1050. The Morgan fingerprint density at radius 1 is 1.34 bits per heavy atom. The molecule has 1 heterocycles. The van der Waals surface area contributed by atoms with Gasteiger partial charge in [0.05, 0.1) is 0 Å².